The van der Waals surface area contributed by atoms with Gasteiger partial charge in [-0.15, -0.1) is 0 Å². The smallest absolute Gasteiger partial charge is 0.250 e. The Bertz CT molecular complexity index is 114. The fourth-order valence-corrected chi connectivity index (χ4v) is 0.593. The van der Waals surface area contributed by atoms with Crippen molar-refractivity contribution in [3.63, 3.8) is 0 Å². The zero-order valence-corrected chi connectivity index (χ0v) is 7.75. The van der Waals surface area contributed by atoms with Crippen molar-refractivity contribution in [2.75, 3.05) is 0 Å². The fraction of sp³-hybridized carbons (Fsp3) is 0. The molecular weight excluding hydrogens is 318 g/mol. The number of hydrogen-bond acceptors (Lipinski definition) is 0. The van der Waals surface area contributed by atoms with Crippen molar-refractivity contribution < 1.29 is 29.0 Å². The third-order valence-electron chi connectivity index (χ3n) is 0.511. The summed E-state index contributed by atoms with van der Waals surface area (Å²) >= 11 is 2.16. The molecule has 40 valence electrons. The second-order valence-corrected chi connectivity index (χ2v) is 2.07. The van der Waals surface area contributed by atoms with Gasteiger partial charge in [-0.3, -0.25) is 0 Å². The van der Waals surface area contributed by atoms with E-state index in [1.165, 1.54) is 0 Å². The summed E-state index contributed by atoms with van der Waals surface area (Å²) in [4.78, 5) is 2.88. The molecule has 0 atom stereocenters. The summed E-state index contributed by atoms with van der Waals surface area (Å²) in [5.41, 5.74) is 0. The maximum atomic E-state index is 2.88. The maximum Gasteiger partial charge on any atom is 0.250 e. The highest BCUT2D eigenvalue weighted by Gasteiger charge is 1.81. The fourth-order valence-electron chi connectivity index (χ4n) is 0.272. The van der Waals surface area contributed by atoms with Gasteiger partial charge in [0.05, 0.1) is 0 Å². The van der Waals surface area contributed by atoms with Crippen molar-refractivity contribution in [3.8, 4) is 0 Å². The maximum absolute atomic E-state index is 2.88. The Morgan fingerprint density at radius 2 is 2.29 bits per heavy atom. The van der Waals surface area contributed by atoms with Crippen LogP contribution in [0.4, 0.5) is 0 Å². The normalized spacial score (nSPS) is 7.57. The van der Waals surface area contributed by atoms with E-state index in [2.05, 4.69) is 27.8 Å². The number of imidazole rings is 1. The van der Waals surface area contributed by atoms with E-state index in [-0.39, 0.29) is 24.0 Å². The SMILES string of the molecule is In1cc[nH+]c1.[I-]. The van der Waals surface area contributed by atoms with Gasteiger partial charge >= 0.3 is 0 Å². The molecule has 1 aromatic heterocycles. The molecule has 0 saturated heterocycles. The second-order valence-electron chi connectivity index (χ2n) is 0.956. The van der Waals surface area contributed by atoms with Gasteiger partial charge in [-0.05, 0) is 0 Å². The third-order valence-corrected chi connectivity index (χ3v) is 1.11. The van der Waals surface area contributed by atoms with Crippen molar-refractivity contribution in [2.45, 2.75) is 0 Å². The predicted octanol–water partition coefficient (Wildman–Crippen LogP) is -2.50. The van der Waals surface area contributed by atoms with Gasteiger partial charge in [-0.1, -0.05) is 0 Å². The van der Waals surface area contributed by atoms with E-state index in [1.54, 1.807) is 0 Å². The molecule has 0 bridgehead atoms. The minimum absolute atomic E-state index is 0. The lowest BCUT2D eigenvalue weighted by Gasteiger charge is -1.61. The predicted molar refractivity (Wildman–Crippen MR) is 30.4 cm³/mol. The van der Waals surface area contributed by atoms with Crippen LogP contribution in [0.25, 0.3) is 0 Å². The highest BCUT2D eigenvalue weighted by molar-refractivity contribution is 14.1. The molecule has 0 fully saturated rings. The molecule has 0 aliphatic rings. The summed E-state index contributed by atoms with van der Waals surface area (Å²) in [5.74, 6) is 0. The van der Waals surface area contributed by atoms with E-state index in [9.17, 15) is 0 Å². The van der Waals surface area contributed by atoms with E-state index in [4.69, 9.17) is 0 Å². The van der Waals surface area contributed by atoms with Gasteiger partial charge in [0.1, 0.15) is 12.4 Å². The lowest BCUT2D eigenvalue weighted by molar-refractivity contribution is -0.376. The summed E-state index contributed by atoms with van der Waals surface area (Å²) in [6.07, 6.45) is 5.66. The minimum atomic E-state index is 0. The first-order valence-corrected chi connectivity index (χ1v) is 2.56. The van der Waals surface area contributed by atoms with Gasteiger partial charge < -0.3 is 24.0 Å². The largest absolute Gasteiger partial charge is 1.00 e. The van der Waals surface area contributed by atoms with Crippen LogP contribution >= 0.6 is 22.9 Å². The third kappa shape index (κ3) is 2.47. The average molecular weight is 322 g/mol. The number of hydrogen-bond donors (Lipinski definition) is 0. The van der Waals surface area contributed by atoms with E-state index in [0.717, 1.165) is 0 Å². The van der Waals surface area contributed by atoms with Gasteiger partial charge in [0, 0.05) is 0 Å². The quantitative estimate of drug-likeness (QED) is 0.471. The molecule has 1 heterocycles. The summed E-state index contributed by atoms with van der Waals surface area (Å²) in [6, 6.07) is 0. The molecule has 0 amide bonds. The van der Waals surface area contributed by atoms with Crippen LogP contribution < -0.4 is 29.0 Å². The van der Waals surface area contributed by atoms with E-state index in [1.807, 2.05) is 21.5 Å². The summed E-state index contributed by atoms with van der Waals surface area (Å²) in [7, 11) is 0. The zero-order valence-electron chi connectivity index (χ0n) is 3.44. The molecule has 1 rings (SSSR count). The molecule has 4 heteroatoms. The van der Waals surface area contributed by atoms with Crippen molar-refractivity contribution >= 4 is 22.9 Å². The molecule has 1 N–H and O–H groups in total. The highest BCUT2D eigenvalue weighted by atomic mass is 127. The number of halogens is 2. The Hall–Kier alpha value is 0.670. The summed E-state index contributed by atoms with van der Waals surface area (Å²) in [5, 5.41) is 0. The van der Waals surface area contributed by atoms with Crippen molar-refractivity contribution in [1.82, 2.24) is 2.78 Å². The Morgan fingerprint density at radius 1 is 1.57 bits per heavy atom. The van der Waals surface area contributed by atoms with Gasteiger partial charge in [0.2, 0.25) is 29.2 Å². The first-order valence-electron chi connectivity index (χ1n) is 1.60. The molecule has 0 saturated carbocycles. The molecule has 7 heavy (non-hydrogen) atoms. The average Bonchev–Trinajstić information content (AvgIpc) is 1.86. The van der Waals surface area contributed by atoms with Crippen LogP contribution in [0.15, 0.2) is 18.7 Å². The minimum Gasteiger partial charge on any atom is -1.00 e. The van der Waals surface area contributed by atoms with Gasteiger partial charge in [-0.25, -0.2) is 4.98 Å². The molecule has 0 radical (unpaired) electrons. The number of nitrogens with zero attached hydrogens (tertiary/aromatic N) is 1. The lowest BCUT2D eigenvalue weighted by Crippen LogP contribution is -3.00. The first kappa shape index (κ1) is 7.67. The Morgan fingerprint density at radius 3 is 2.43 bits per heavy atom. The Kier molecular flexibility index (Phi) is 3.99. The van der Waals surface area contributed by atoms with Crippen LogP contribution in [0.5, 0.6) is 0 Å². The lowest BCUT2D eigenvalue weighted by atomic mass is 11.0. The van der Waals surface area contributed by atoms with Gasteiger partial charge in [0.25, 0.3) is 0 Å². The molecular formula is C3H4I2N2. The van der Waals surface area contributed by atoms with Crippen LogP contribution in [0.3, 0.4) is 0 Å². The topological polar surface area (TPSA) is 19.1 Å². The van der Waals surface area contributed by atoms with Crippen molar-refractivity contribution in [3.05, 3.63) is 18.7 Å². The monoisotopic (exact) mass is 322 g/mol. The molecule has 0 aromatic carbocycles. The first-order chi connectivity index (χ1) is 2.89. The van der Waals surface area contributed by atoms with E-state index < -0.39 is 0 Å². The van der Waals surface area contributed by atoms with E-state index in [0.29, 0.717) is 0 Å². The van der Waals surface area contributed by atoms with Crippen LogP contribution in [-0.2, 0) is 0 Å². The molecule has 2 nitrogen and oxygen atoms in total. The van der Waals surface area contributed by atoms with Crippen LogP contribution in [-0.4, -0.2) is 2.78 Å². The standard InChI is InChI=1S/C3H3IN2.HI/c4-6-2-1-5-3-6;/h1-3H;1H. The van der Waals surface area contributed by atoms with Crippen molar-refractivity contribution in [2.24, 2.45) is 0 Å². The molecule has 0 aliphatic carbocycles. The second kappa shape index (κ2) is 3.65. The summed E-state index contributed by atoms with van der Waals surface area (Å²) in [6.45, 7) is 0. The zero-order chi connectivity index (χ0) is 4.41. The molecule has 1 aromatic rings. The number of rotatable bonds is 0. The number of aromatic nitrogens is 2. The van der Waals surface area contributed by atoms with Crippen LogP contribution in [0.2, 0.25) is 0 Å². The van der Waals surface area contributed by atoms with Crippen molar-refractivity contribution in [1.29, 1.82) is 0 Å². The van der Waals surface area contributed by atoms with Crippen LogP contribution in [0.1, 0.15) is 0 Å². The Balaban J connectivity index is 0.000000360. The highest BCUT2D eigenvalue weighted by Crippen LogP contribution is 1.84. The summed E-state index contributed by atoms with van der Waals surface area (Å²) < 4.78 is 1.91. The van der Waals surface area contributed by atoms with E-state index >= 15 is 0 Å². The molecule has 0 spiro atoms. The van der Waals surface area contributed by atoms with Crippen LogP contribution in [0, 0.1) is 0 Å². The molecule has 0 aliphatic heterocycles. The number of H-pyrrole nitrogens is 1. The Labute approximate surface area is 72.8 Å². The van der Waals surface area contributed by atoms with Gasteiger partial charge in [-0.2, -0.15) is 2.78 Å². The van der Waals surface area contributed by atoms with Gasteiger partial charge in [0.15, 0.2) is 0 Å². The molecule has 0 unspecified atom stereocenters. The number of nitrogens with one attached hydrogen (secondary N) is 1. The number of aromatic amines is 1.